The van der Waals surface area contributed by atoms with E-state index < -0.39 is 17.6 Å². The summed E-state index contributed by atoms with van der Waals surface area (Å²) in [5.74, 6) is -0.534. The number of rotatable bonds is 6. The fraction of sp³-hybridized carbons (Fsp3) is 0.200. The standard InChI is InChI=1S/C20H19F3N2OS/c1-13-7-9-17(10-8-13)27-15(3)18(20(21,22)23)19(26-4)25-14(2)16-6-5-11-24-12-16/h5-12H,3H2,1-2,4H3/b19-18-,25-14+. The number of thioether (sulfide) groups is 1. The first-order valence-electron chi connectivity index (χ1n) is 7.97. The number of nitrogens with zero attached hydrogens (tertiary/aromatic N) is 2. The topological polar surface area (TPSA) is 34.5 Å². The van der Waals surface area contributed by atoms with Crippen molar-refractivity contribution in [2.24, 2.45) is 4.99 Å². The van der Waals surface area contributed by atoms with Crippen LogP contribution in [0.5, 0.6) is 0 Å². The molecule has 0 spiro atoms. The van der Waals surface area contributed by atoms with Crippen LogP contribution in [-0.2, 0) is 4.74 Å². The monoisotopic (exact) mass is 392 g/mol. The number of pyridine rings is 1. The molecule has 0 fully saturated rings. The zero-order chi connectivity index (χ0) is 20.0. The van der Waals surface area contributed by atoms with E-state index in [1.165, 1.54) is 6.20 Å². The van der Waals surface area contributed by atoms with Crippen molar-refractivity contribution >= 4 is 17.5 Å². The van der Waals surface area contributed by atoms with E-state index in [1.54, 1.807) is 37.4 Å². The molecule has 0 N–H and O–H groups in total. The van der Waals surface area contributed by atoms with Gasteiger partial charge in [0, 0.05) is 27.8 Å². The molecule has 0 unspecified atom stereocenters. The van der Waals surface area contributed by atoms with Gasteiger partial charge in [-0.3, -0.25) is 4.98 Å². The first-order chi connectivity index (χ1) is 12.7. The van der Waals surface area contributed by atoms with Crippen molar-refractivity contribution in [2.45, 2.75) is 24.9 Å². The normalized spacial score (nSPS) is 13.2. The summed E-state index contributed by atoms with van der Waals surface area (Å²) < 4.78 is 46.2. The van der Waals surface area contributed by atoms with Crippen LogP contribution < -0.4 is 0 Å². The van der Waals surface area contributed by atoms with E-state index in [1.807, 2.05) is 19.1 Å². The van der Waals surface area contributed by atoms with E-state index in [9.17, 15) is 13.2 Å². The highest BCUT2D eigenvalue weighted by molar-refractivity contribution is 8.03. The van der Waals surface area contributed by atoms with Crippen LogP contribution in [0.1, 0.15) is 18.1 Å². The minimum atomic E-state index is -4.67. The molecule has 7 heteroatoms. The summed E-state index contributed by atoms with van der Waals surface area (Å²) in [6, 6.07) is 10.5. The maximum atomic E-state index is 13.7. The van der Waals surface area contributed by atoms with Crippen LogP contribution in [0.4, 0.5) is 13.2 Å². The van der Waals surface area contributed by atoms with E-state index in [0.717, 1.165) is 24.4 Å². The van der Waals surface area contributed by atoms with Gasteiger partial charge in [0.2, 0.25) is 5.88 Å². The van der Waals surface area contributed by atoms with Gasteiger partial charge in [-0.1, -0.05) is 42.1 Å². The van der Waals surface area contributed by atoms with Crippen molar-refractivity contribution in [1.82, 2.24) is 4.98 Å². The largest absolute Gasteiger partial charge is 0.481 e. The Morgan fingerprint density at radius 3 is 2.37 bits per heavy atom. The van der Waals surface area contributed by atoms with Gasteiger partial charge in [0.1, 0.15) is 5.57 Å². The molecule has 0 atom stereocenters. The van der Waals surface area contributed by atoms with Gasteiger partial charge in [-0.25, -0.2) is 4.99 Å². The summed E-state index contributed by atoms with van der Waals surface area (Å²) in [6.45, 7) is 7.11. The van der Waals surface area contributed by atoms with Crippen LogP contribution in [0.25, 0.3) is 0 Å². The van der Waals surface area contributed by atoms with Gasteiger partial charge in [0.15, 0.2) is 0 Å². The van der Waals surface area contributed by atoms with E-state index >= 15 is 0 Å². The molecule has 27 heavy (non-hydrogen) atoms. The van der Waals surface area contributed by atoms with Crippen LogP contribution in [-0.4, -0.2) is 24.0 Å². The van der Waals surface area contributed by atoms with Crippen LogP contribution >= 0.6 is 11.8 Å². The second-order valence-electron chi connectivity index (χ2n) is 5.66. The first-order valence-corrected chi connectivity index (χ1v) is 8.79. The predicted molar refractivity (Wildman–Crippen MR) is 103 cm³/mol. The molecule has 1 aromatic heterocycles. The molecule has 1 aromatic carbocycles. The number of aliphatic imine (C=N–C) groups is 1. The third-order valence-corrected chi connectivity index (χ3v) is 4.54. The highest BCUT2D eigenvalue weighted by Gasteiger charge is 2.40. The fourth-order valence-electron chi connectivity index (χ4n) is 2.20. The van der Waals surface area contributed by atoms with E-state index in [-0.39, 0.29) is 4.91 Å². The van der Waals surface area contributed by atoms with Gasteiger partial charge in [-0.05, 0) is 32.0 Å². The number of aromatic nitrogens is 1. The molecule has 0 radical (unpaired) electrons. The van der Waals surface area contributed by atoms with Gasteiger partial charge in [-0.2, -0.15) is 13.2 Å². The molecule has 1 heterocycles. The summed E-state index contributed by atoms with van der Waals surface area (Å²) in [7, 11) is 1.16. The Labute approximate surface area is 160 Å². The smallest absolute Gasteiger partial charge is 0.422 e. The van der Waals surface area contributed by atoms with Crippen LogP contribution in [0.15, 0.2) is 81.6 Å². The lowest BCUT2D eigenvalue weighted by Gasteiger charge is -2.17. The average molecular weight is 392 g/mol. The number of ether oxygens (including phenoxy) is 1. The van der Waals surface area contributed by atoms with Crippen molar-refractivity contribution in [3.05, 3.63) is 82.9 Å². The molecule has 2 rings (SSSR count). The number of hydrogen-bond acceptors (Lipinski definition) is 4. The number of halogens is 3. The lowest BCUT2D eigenvalue weighted by Crippen LogP contribution is -2.16. The zero-order valence-corrected chi connectivity index (χ0v) is 16.0. The number of allylic oxidation sites excluding steroid dienone is 1. The summed E-state index contributed by atoms with van der Waals surface area (Å²) in [5, 5.41) is 0. The number of aryl methyl sites for hydroxylation is 1. The zero-order valence-electron chi connectivity index (χ0n) is 15.2. The number of methoxy groups -OCH3 is 1. The highest BCUT2D eigenvalue weighted by Crippen LogP contribution is 2.41. The Bertz CT molecular complexity index is 857. The molecule has 3 nitrogen and oxygen atoms in total. The number of benzene rings is 1. The molecule has 0 saturated heterocycles. The lowest BCUT2D eigenvalue weighted by atomic mass is 10.2. The third kappa shape index (κ3) is 5.72. The highest BCUT2D eigenvalue weighted by atomic mass is 32.2. The maximum absolute atomic E-state index is 13.7. The van der Waals surface area contributed by atoms with Crippen molar-refractivity contribution in [1.29, 1.82) is 0 Å². The molecule has 2 aromatic rings. The van der Waals surface area contributed by atoms with Crippen LogP contribution in [0.2, 0.25) is 0 Å². The lowest BCUT2D eigenvalue weighted by molar-refractivity contribution is -0.0917. The van der Waals surface area contributed by atoms with E-state index in [2.05, 4.69) is 16.6 Å². The van der Waals surface area contributed by atoms with Crippen molar-refractivity contribution in [2.75, 3.05) is 7.11 Å². The Hall–Kier alpha value is -2.54. The maximum Gasteiger partial charge on any atom is 0.422 e. The Kier molecular flexibility index (Phi) is 6.85. The van der Waals surface area contributed by atoms with E-state index in [0.29, 0.717) is 16.2 Å². The van der Waals surface area contributed by atoms with Crippen molar-refractivity contribution < 1.29 is 17.9 Å². The van der Waals surface area contributed by atoms with Crippen molar-refractivity contribution in [3.8, 4) is 0 Å². The summed E-state index contributed by atoms with van der Waals surface area (Å²) >= 11 is 0.920. The molecule has 0 aliphatic rings. The molecule has 0 bridgehead atoms. The molecule has 0 aliphatic carbocycles. The number of alkyl halides is 3. The van der Waals surface area contributed by atoms with Gasteiger partial charge in [-0.15, -0.1) is 0 Å². The SMILES string of the molecule is C=C(Sc1ccc(C)cc1)/C(=C(\N=C(/C)c1cccnc1)OC)C(F)(F)F. The molecule has 0 amide bonds. The Morgan fingerprint density at radius 2 is 1.85 bits per heavy atom. The molecule has 142 valence electrons. The number of hydrogen-bond donors (Lipinski definition) is 0. The first kappa shape index (κ1) is 20.8. The fourth-order valence-corrected chi connectivity index (χ4v) is 3.06. The third-order valence-electron chi connectivity index (χ3n) is 3.58. The molecule has 0 saturated carbocycles. The molecular formula is C20H19F3N2OS. The minimum absolute atomic E-state index is 0.189. The van der Waals surface area contributed by atoms with Crippen LogP contribution in [0, 0.1) is 6.92 Å². The van der Waals surface area contributed by atoms with Crippen molar-refractivity contribution in [3.63, 3.8) is 0 Å². The van der Waals surface area contributed by atoms with Gasteiger partial charge < -0.3 is 4.74 Å². The second kappa shape index (κ2) is 8.90. The summed E-state index contributed by atoms with van der Waals surface area (Å²) in [4.78, 5) is 8.46. The quantitative estimate of drug-likeness (QED) is 0.265. The predicted octanol–water partition coefficient (Wildman–Crippen LogP) is 5.93. The molecular weight excluding hydrogens is 373 g/mol. The second-order valence-corrected chi connectivity index (χ2v) is 6.83. The Balaban J connectivity index is 2.44. The van der Waals surface area contributed by atoms with E-state index in [4.69, 9.17) is 4.74 Å². The van der Waals surface area contributed by atoms with Crippen LogP contribution in [0.3, 0.4) is 0 Å². The van der Waals surface area contributed by atoms with Gasteiger partial charge in [0.05, 0.1) is 12.8 Å². The summed E-state index contributed by atoms with van der Waals surface area (Å²) in [6.07, 6.45) is -1.57. The average Bonchev–Trinajstić information content (AvgIpc) is 2.62. The molecule has 0 aliphatic heterocycles. The van der Waals surface area contributed by atoms with Gasteiger partial charge >= 0.3 is 6.18 Å². The minimum Gasteiger partial charge on any atom is -0.481 e. The summed E-state index contributed by atoms with van der Waals surface area (Å²) in [5.41, 5.74) is 0.977. The Morgan fingerprint density at radius 1 is 1.19 bits per heavy atom. The van der Waals surface area contributed by atoms with Gasteiger partial charge in [0.25, 0.3) is 0 Å².